The van der Waals surface area contributed by atoms with Crippen molar-refractivity contribution in [3.8, 4) is 0 Å². The predicted molar refractivity (Wildman–Crippen MR) is 54.3 cm³/mol. The molecule has 0 spiro atoms. The summed E-state index contributed by atoms with van der Waals surface area (Å²) in [4.78, 5) is 25.1. The van der Waals surface area contributed by atoms with E-state index in [4.69, 9.17) is 5.11 Å². The Morgan fingerprint density at radius 2 is 2.33 bits per heavy atom. The lowest BCUT2D eigenvalue weighted by molar-refractivity contribution is -0.131. The molecule has 0 aliphatic rings. The molecule has 0 aliphatic heterocycles. The van der Waals surface area contributed by atoms with Gasteiger partial charge >= 0.3 is 5.97 Å². The van der Waals surface area contributed by atoms with Gasteiger partial charge in [-0.15, -0.1) is 0 Å². The topological polar surface area (TPSA) is 91.8 Å². The van der Waals surface area contributed by atoms with Crippen molar-refractivity contribution < 1.29 is 9.90 Å². The van der Waals surface area contributed by atoms with Crippen LogP contribution in [0.5, 0.6) is 0 Å². The predicted octanol–water partition coefficient (Wildman–Crippen LogP) is 1.04. The number of rotatable bonds is 3. The van der Waals surface area contributed by atoms with Crippen molar-refractivity contribution >= 4 is 28.9 Å². The third-order valence-corrected chi connectivity index (χ3v) is 2.38. The molecule has 0 aromatic carbocycles. The number of aromatic nitrogens is 4. The number of carboxylic acid groups (broad SMARTS) is 1. The van der Waals surface area contributed by atoms with Gasteiger partial charge in [0.2, 0.25) is 0 Å². The minimum atomic E-state index is -0.989. The molecule has 0 bridgehead atoms. The first-order valence-electron chi connectivity index (χ1n) is 3.97. The molecule has 15 heavy (non-hydrogen) atoms. The normalized spacial score (nSPS) is 11.2. The first kappa shape index (κ1) is 9.66. The van der Waals surface area contributed by atoms with Crippen molar-refractivity contribution in [2.24, 2.45) is 0 Å². The van der Waals surface area contributed by atoms with Crippen molar-refractivity contribution in [2.75, 3.05) is 0 Å². The maximum absolute atomic E-state index is 10.3. The first-order valence-corrected chi connectivity index (χ1v) is 4.85. The molecule has 76 valence electrons. The molecule has 0 atom stereocenters. The van der Waals surface area contributed by atoms with E-state index in [0.29, 0.717) is 16.2 Å². The summed E-state index contributed by atoms with van der Waals surface area (Å²) in [6.45, 7) is 0. The van der Waals surface area contributed by atoms with Crippen LogP contribution in [0.3, 0.4) is 0 Å². The number of aliphatic carboxylic acids is 1. The summed E-state index contributed by atoms with van der Waals surface area (Å²) in [5.74, 6) is -0.989. The van der Waals surface area contributed by atoms with Crippen LogP contribution in [0.2, 0.25) is 0 Å². The molecular formula is C8H6N4O2S. The Bertz CT molecular complexity index is 522. The number of thioether (sulfide) groups is 1. The second kappa shape index (κ2) is 4.09. The second-order valence-electron chi connectivity index (χ2n) is 2.54. The zero-order valence-corrected chi connectivity index (χ0v) is 8.23. The minimum Gasteiger partial charge on any atom is -0.478 e. The van der Waals surface area contributed by atoms with Crippen LogP contribution in [0, 0.1) is 0 Å². The number of nitrogens with one attached hydrogen (secondary N) is 1. The number of carbonyl (C=O) groups is 1. The molecule has 0 unspecified atom stereocenters. The lowest BCUT2D eigenvalue weighted by atomic mass is 10.6. The second-order valence-corrected chi connectivity index (χ2v) is 3.43. The maximum atomic E-state index is 10.3. The van der Waals surface area contributed by atoms with Crippen LogP contribution in [0.4, 0.5) is 0 Å². The van der Waals surface area contributed by atoms with E-state index in [1.54, 1.807) is 0 Å². The Balaban J connectivity index is 2.27. The molecule has 2 aromatic rings. The van der Waals surface area contributed by atoms with Crippen LogP contribution in [-0.4, -0.2) is 31.0 Å². The smallest absolute Gasteiger partial charge is 0.328 e. The van der Waals surface area contributed by atoms with Gasteiger partial charge in [-0.2, -0.15) is 0 Å². The highest BCUT2D eigenvalue weighted by molar-refractivity contribution is 8.02. The lowest BCUT2D eigenvalue weighted by Gasteiger charge is -1.94. The van der Waals surface area contributed by atoms with Gasteiger partial charge in [-0.1, -0.05) is 11.8 Å². The highest BCUT2D eigenvalue weighted by Gasteiger charge is 2.04. The summed E-state index contributed by atoms with van der Waals surface area (Å²) in [7, 11) is 0. The number of carboxylic acids is 1. The summed E-state index contributed by atoms with van der Waals surface area (Å²) in [6.07, 6.45) is 3.96. The van der Waals surface area contributed by atoms with Gasteiger partial charge < -0.3 is 10.1 Å². The third kappa shape index (κ3) is 2.13. The van der Waals surface area contributed by atoms with Crippen molar-refractivity contribution in [1.29, 1.82) is 0 Å². The van der Waals surface area contributed by atoms with Gasteiger partial charge in [0.1, 0.15) is 16.9 Å². The van der Waals surface area contributed by atoms with E-state index in [-0.39, 0.29) is 0 Å². The van der Waals surface area contributed by atoms with Crippen molar-refractivity contribution in [3.05, 3.63) is 24.1 Å². The van der Waals surface area contributed by atoms with Crippen LogP contribution in [0.1, 0.15) is 0 Å². The molecule has 0 aliphatic carbocycles. The Morgan fingerprint density at radius 1 is 1.47 bits per heavy atom. The van der Waals surface area contributed by atoms with Crippen LogP contribution in [-0.2, 0) is 4.79 Å². The van der Waals surface area contributed by atoms with Crippen LogP contribution < -0.4 is 0 Å². The Labute approximate surface area is 88.5 Å². The fourth-order valence-electron chi connectivity index (χ4n) is 0.989. The van der Waals surface area contributed by atoms with Crippen LogP contribution in [0.15, 0.2) is 29.2 Å². The standard InChI is InChI=1S/C8H6N4O2S/c13-5(14)1-2-15-8-6-7(10-3-9-6)11-4-12-8/h1-4H,(H,13,14)(H,9,10,11,12)/b2-1+. The van der Waals surface area contributed by atoms with E-state index in [0.717, 1.165) is 6.08 Å². The zero-order chi connectivity index (χ0) is 10.7. The zero-order valence-electron chi connectivity index (χ0n) is 7.41. The minimum absolute atomic E-state index is 0.566. The fraction of sp³-hybridized carbons (Fsp3) is 0. The molecule has 2 N–H and O–H groups in total. The molecule has 6 nitrogen and oxygen atoms in total. The number of imidazole rings is 1. The monoisotopic (exact) mass is 222 g/mol. The molecule has 0 amide bonds. The van der Waals surface area contributed by atoms with E-state index >= 15 is 0 Å². The first-order chi connectivity index (χ1) is 7.27. The summed E-state index contributed by atoms with van der Waals surface area (Å²) < 4.78 is 0. The lowest BCUT2D eigenvalue weighted by Crippen LogP contribution is -1.86. The van der Waals surface area contributed by atoms with Crippen LogP contribution in [0.25, 0.3) is 11.2 Å². The molecule has 2 aromatic heterocycles. The summed E-state index contributed by atoms with van der Waals surface area (Å²) in [5.41, 5.74) is 1.27. The van der Waals surface area contributed by atoms with Gasteiger partial charge in [-0.3, -0.25) is 0 Å². The Kier molecular flexibility index (Phi) is 2.64. The molecule has 0 fully saturated rings. The summed E-state index contributed by atoms with van der Waals surface area (Å²) in [5, 5.41) is 10.5. The average molecular weight is 222 g/mol. The van der Waals surface area contributed by atoms with Gasteiger partial charge in [0.25, 0.3) is 0 Å². The highest BCUT2D eigenvalue weighted by atomic mass is 32.2. The number of aromatic amines is 1. The van der Waals surface area contributed by atoms with Gasteiger partial charge in [0.15, 0.2) is 5.65 Å². The maximum Gasteiger partial charge on any atom is 0.328 e. The van der Waals surface area contributed by atoms with E-state index < -0.39 is 5.97 Å². The van der Waals surface area contributed by atoms with Gasteiger partial charge in [0, 0.05) is 6.08 Å². The average Bonchev–Trinajstić information content (AvgIpc) is 2.65. The van der Waals surface area contributed by atoms with E-state index in [2.05, 4.69) is 19.9 Å². The van der Waals surface area contributed by atoms with E-state index in [1.165, 1.54) is 29.8 Å². The number of H-pyrrole nitrogens is 1. The number of fused-ring (bicyclic) bond motifs is 1. The van der Waals surface area contributed by atoms with Gasteiger partial charge in [-0.05, 0) is 5.41 Å². The quantitative estimate of drug-likeness (QED) is 0.458. The van der Waals surface area contributed by atoms with Crippen molar-refractivity contribution in [1.82, 2.24) is 19.9 Å². The highest BCUT2D eigenvalue weighted by Crippen LogP contribution is 2.22. The van der Waals surface area contributed by atoms with E-state index in [1.807, 2.05) is 0 Å². The largest absolute Gasteiger partial charge is 0.478 e. The number of nitrogens with zero attached hydrogens (tertiary/aromatic N) is 3. The molecule has 0 saturated heterocycles. The van der Waals surface area contributed by atoms with E-state index in [9.17, 15) is 4.79 Å². The van der Waals surface area contributed by atoms with Crippen molar-refractivity contribution in [2.45, 2.75) is 5.03 Å². The fourth-order valence-corrected chi connectivity index (χ4v) is 1.68. The Morgan fingerprint density at radius 3 is 3.13 bits per heavy atom. The third-order valence-electron chi connectivity index (χ3n) is 1.58. The Hall–Kier alpha value is -1.89. The molecule has 7 heteroatoms. The summed E-state index contributed by atoms with van der Waals surface area (Å²) >= 11 is 1.20. The van der Waals surface area contributed by atoms with Crippen LogP contribution >= 0.6 is 11.8 Å². The van der Waals surface area contributed by atoms with Gasteiger partial charge in [-0.25, -0.2) is 19.7 Å². The molecule has 0 radical (unpaired) electrons. The number of hydrogen-bond donors (Lipinski definition) is 2. The molecular weight excluding hydrogens is 216 g/mol. The number of hydrogen-bond acceptors (Lipinski definition) is 5. The molecule has 2 rings (SSSR count). The summed E-state index contributed by atoms with van der Waals surface area (Å²) in [6, 6.07) is 0. The SMILES string of the molecule is O=C(O)/C=C/Sc1ncnc2nc[nH]c12. The molecule has 0 saturated carbocycles. The van der Waals surface area contributed by atoms with Gasteiger partial charge in [0.05, 0.1) is 6.33 Å². The van der Waals surface area contributed by atoms with Crippen molar-refractivity contribution in [3.63, 3.8) is 0 Å². The molecule has 2 heterocycles.